The Morgan fingerprint density at radius 3 is 2.90 bits per heavy atom. The van der Waals surface area contributed by atoms with Crippen LogP contribution in [0, 0.1) is 5.92 Å². The number of rotatable bonds is 6. The molecule has 3 unspecified atom stereocenters. The van der Waals surface area contributed by atoms with Crippen molar-refractivity contribution < 1.29 is 0 Å². The van der Waals surface area contributed by atoms with Crippen LogP contribution in [0.3, 0.4) is 0 Å². The Morgan fingerprint density at radius 1 is 1.25 bits per heavy atom. The largest absolute Gasteiger partial charge is 0.310 e. The highest BCUT2D eigenvalue weighted by Gasteiger charge is 2.37. The fourth-order valence-electron chi connectivity index (χ4n) is 3.62. The van der Waals surface area contributed by atoms with Gasteiger partial charge in [-0.25, -0.2) is 0 Å². The van der Waals surface area contributed by atoms with Crippen LogP contribution in [0.4, 0.5) is 0 Å². The van der Waals surface area contributed by atoms with E-state index in [1.807, 2.05) is 0 Å². The first-order valence-corrected chi connectivity index (χ1v) is 8.37. The van der Waals surface area contributed by atoms with Crippen LogP contribution < -0.4 is 5.32 Å². The molecule has 0 bridgehead atoms. The van der Waals surface area contributed by atoms with Crippen molar-refractivity contribution in [3.8, 4) is 0 Å². The Kier molecular flexibility index (Phi) is 4.74. The van der Waals surface area contributed by atoms with Gasteiger partial charge in [0.2, 0.25) is 0 Å². The molecule has 1 saturated heterocycles. The second-order valence-corrected chi connectivity index (χ2v) is 6.62. The van der Waals surface area contributed by atoms with Gasteiger partial charge in [0, 0.05) is 25.2 Å². The second kappa shape index (κ2) is 6.73. The Balaban J connectivity index is 1.45. The molecular formula is C18H28N2. The van der Waals surface area contributed by atoms with E-state index in [1.165, 1.54) is 50.8 Å². The van der Waals surface area contributed by atoms with Crippen molar-refractivity contribution in [3.05, 3.63) is 35.9 Å². The summed E-state index contributed by atoms with van der Waals surface area (Å²) in [7, 11) is 0. The molecule has 2 fully saturated rings. The van der Waals surface area contributed by atoms with Crippen LogP contribution in [0.2, 0.25) is 0 Å². The van der Waals surface area contributed by atoms with Gasteiger partial charge in [-0.2, -0.15) is 0 Å². The highest BCUT2D eigenvalue weighted by atomic mass is 15.2. The summed E-state index contributed by atoms with van der Waals surface area (Å²) >= 11 is 0. The molecule has 0 radical (unpaired) electrons. The molecule has 1 heterocycles. The molecule has 2 nitrogen and oxygen atoms in total. The number of likely N-dealkylation sites (tertiary alicyclic amines) is 1. The topological polar surface area (TPSA) is 15.3 Å². The van der Waals surface area contributed by atoms with E-state index < -0.39 is 0 Å². The monoisotopic (exact) mass is 272 g/mol. The maximum absolute atomic E-state index is 3.90. The standard InChI is InChI=1S/C18H28N2/c1-2-7-16-12-18(16)19-17-10-6-11-20(14-17)13-15-8-4-3-5-9-15/h3-5,8-9,16-19H,2,6-7,10-14H2,1H3. The summed E-state index contributed by atoms with van der Waals surface area (Å²) in [5.41, 5.74) is 1.45. The Bertz CT molecular complexity index is 403. The first-order chi connectivity index (χ1) is 9.85. The quantitative estimate of drug-likeness (QED) is 0.853. The summed E-state index contributed by atoms with van der Waals surface area (Å²) in [6, 6.07) is 12.4. The van der Waals surface area contributed by atoms with Crippen molar-refractivity contribution in [2.45, 2.75) is 57.7 Å². The van der Waals surface area contributed by atoms with Crippen molar-refractivity contribution in [2.24, 2.45) is 5.92 Å². The number of nitrogens with zero attached hydrogens (tertiary/aromatic N) is 1. The van der Waals surface area contributed by atoms with Gasteiger partial charge in [-0.05, 0) is 43.7 Å². The Hall–Kier alpha value is -0.860. The number of nitrogens with one attached hydrogen (secondary N) is 1. The van der Waals surface area contributed by atoms with Crippen molar-refractivity contribution in [1.29, 1.82) is 0 Å². The molecule has 1 saturated carbocycles. The van der Waals surface area contributed by atoms with E-state index in [0.29, 0.717) is 0 Å². The lowest BCUT2D eigenvalue weighted by Gasteiger charge is -2.33. The van der Waals surface area contributed by atoms with Gasteiger partial charge in [-0.3, -0.25) is 4.90 Å². The minimum Gasteiger partial charge on any atom is -0.310 e. The van der Waals surface area contributed by atoms with Crippen molar-refractivity contribution in [1.82, 2.24) is 10.2 Å². The van der Waals surface area contributed by atoms with Gasteiger partial charge in [0.1, 0.15) is 0 Å². The zero-order valence-corrected chi connectivity index (χ0v) is 12.7. The predicted octanol–water partition coefficient (Wildman–Crippen LogP) is 3.43. The van der Waals surface area contributed by atoms with Gasteiger partial charge in [-0.1, -0.05) is 43.7 Å². The summed E-state index contributed by atoms with van der Waals surface area (Å²) in [5.74, 6) is 0.976. The molecule has 1 N–H and O–H groups in total. The lowest BCUT2D eigenvalue weighted by atomic mass is 10.0. The number of benzene rings is 1. The third-order valence-corrected chi connectivity index (χ3v) is 4.79. The summed E-state index contributed by atoms with van der Waals surface area (Å²) in [6.07, 6.45) is 6.88. The smallest absolute Gasteiger partial charge is 0.0234 e. The van der Waals surface area contributed by atoms with Crippen LogP contribution in [0.5, 0.6) is 0 Å². The van der Waals surface area contributed by atoms with E-state index in [0.717, 1.165) is 24.5 Å². The molecule has 3 atom stereocenters. The average molecular weight is 272 g/mol. The van der Waals surface area contributed by atoms with E-state index in [-0.39, 0.29) is 0 Å². The Morgan fingerprint density at radius 2 is 2.10 bits per heavy atom. The van der Waals surface area contributed by atoms with Gasteiger partial charge < -0.3 is 5.32 Å². The lowest BCUT2D eigenvalue weighted by molar-refractivity contribution is 0.181. The third-order valence-electron chi connectivity index (χ3n) is 4.79. The van der Waals surface area contributed by atoms with Gasteiger partial charge >= 0.3 is 0 Å². The highest BCUT2D eigenvalue weighted by Crippen LogP contribution is 2.35. The number of hydrogen-bond donors (Lipinski definition) is 1. The average Bonchev–Trinajstić information content (AvgIpc) is 3.18. The first-order valence-electron chi connectivity index (χ1n) is 8.37. The number of piperidine rings is 1. The molecular weight excluding hydrogens is 244 g/mol. The molecule has 1 aliphatic heterocycles. The molecule has 0 amide bonds. The fraction of sp³-hybridized carbons (Fsp3) is 0.667. The molecule has 0 spiro atoms. The zero-order valence-electron chi connectivity index (χ0n) is 12.7. The van der Waals surface area contributed by atoms with Gasteiger partial charge in [-0.15, -0.1) is 0 Å². The second-order valence-electron chi connectivity index (χ2n) is 6.62. The molecule has 0 aromatic heterocycles. The minimum atomic E-state index is 0.722. The highest BCUT2D eigenvalue weighted by molar-refractivity contribution is 5.14. The molecule has 2 aliphatic rings. The van der Waals surface area contributed by atoms with Gasteiger partial charge in [0.25, 0.3) is 0 Å². The summed E-state index contributed by atoms with van der Waals surface area (Å²) in [5, 5.41) is 3.90. The molecule has 2 heteroatoms. The molecule has 110 valence electrons. The van der Waals surface area contributed by atoms with Gasteiger partial charge in [0.05, 0.1) is 0 Å². The summed E-state index contributed by atoms with van der Waals surface area (Å²) < 4.78 is 0. The Labute approximate surface area is 123 Å². The van der Waals surface area contributed by atoms with Crippen LogP contribution in [-0.4, -0.2) is 30.1 Å². The third kappa shape index (κ3) is 3.83. The maximum atomic E-state index is 3.90. The van der Waals surface area contributed by atoms with Crippen LogP contribution in [0.25, 0.3) is 0 Å². The SMILES string of the molecule is CCCC1CC1NC1CCCN(Cc2ccccc2)C1. The fourth-order valence-corrected chi connectivity index (χ4v) is 3.62. The minimum absolute atomic E-state index is 0.722. The van der Waals surface area contributed by atoms with Gasteiger partial charge in [0.15, 0.2) is 0 Å². The normalized spacial score (nSPS) is 30.4. The molecule has 1 aromatic rings. The lowest BCUT2D eigenvalue weighted by Crippen LogP contribution is -2.46. The van der Waals surface area contributed by atoms with Crippen LogP contribution in [-0.2, 0) is 6.54 Å². The first kappa shape index (κ1) is 14.1. The van der Waals surface area contributed by atoms with E-state index in [9.17, 15) is 0 Å². The summed E-state index contributed by atoms with van der Waals surface area (Å²) in [4.78, 5) is 2.62. The van der Waals surface area contributed by atoms with E-state index in [2.05, 4.69) is 47.5 Å². The van der Waals surface area contributed by atoms with Crippen LogP contribution >= 0.6 is 0 Å². The maximum Gasteiger partial charge on any atom is 0.0234 e. The van der Waals surface area contributed by atoms with E-state index in [1.54, 1.807) is 0 Å². The molecule has 1 aliphatic carbocycles. The van der Waals surface area contributed by atoms with Crippen molar-refractivity contribution >= 4 is 0 Å². The predicted molar refractivity (Wildman–Crippen MR) is 84.7 cm³/mol. The van der Waals surface area contributed by atoms with E-state index in [4.69, 9.17) is 0 Å². The van der Waals surface area contributed by atoms with Crippen molar-refractivity contribution in [2.75, 3.05) is 13.1 Å². The zero-order chi connectivity index (χ0) is 13.8. The molecule has 3 rings (SSSR count). The molecule has 20 heavy (non-hydrogen) atoms. The van der Waals surface area contributed by atoms with Crippen molar-refractivity contribution in [3.63, 3.8) is 0 Å². The van der Waals surface area contributed by atoms with Crippen LogP contribution in [0.1, 0.15) is 44.6 Å². The van der Waals surface area contributed by atoms with Crippen LogP contribution in [0.15, 0.2) is 30.3 Å². The summed E-state index contributed by atoms with van der Waals surface area (Å²) in [6.45, 7) is 5.90. The molecule has 1 aromatic carbocycles. The number of hydrogen-bond acceptors (Lipinski definition) is 2. The van der Waals surface area contributed by atoms with E-state index >= 15 is 0 Å².